The highest BCUT2D eigenvalue weighted by atomic mass is 14.9. The second kappa shape index (κ2) is 7.18. The Morgan fingerprint density at radius 1 is 0.680 bits per heavy atom. The smallest absolute Gasteiger partial charge is 0.177 e. The molecular weight excluding hydrogens is 304 g/mol. The van der Waals surface area contributed by atoms with E-state index < -0.39 is 0 Å². The van der Waals surface area contributed by atoms with Crippen LogP contribution in [0.1, 0.15) is 11.1 Å². The number of benzene rings is 3. The minimum absolute atomic E-state index is 0.832. The van der Waals surface area contributed by atoms with E-state index in [1.807, 2.05) is 6.07 Å². The van der Waals surface area contributed by atoms with Crippen LogP contribution in [0, 0.1) is 0 Å². The SMILES string of the molecule is c1ccc(CNc2cccc3c[n+](Cc4ccccc4)ccc23)cc1. The molecule has 0 aliphatic carbocycles. The molecule has 122 valence electrons. The van der Waals surface area contributed by atoms with Crippen LogP contribution in [0.4, 0.5) is 5.69 Å². The van der Waals surface area contributed by atoms with Gasteiger partial charge in [0, 0.05) is 34.6 Å². The van der Waals surface area contributed by atoms with E-state index in [4.69, 9.17) is 0 Å². The molecule has 3 aromatic carbocycles. The van der Waals surface area contributed by atoms with Gasteiger partial charge in [0.05, 0.1) is 0 Å². The number of aromatic nitrogens is 1. The molecule has 0 saturated carbocycles. The minimum atomic E-state index is 0.832. The Hall–Kier alpha value is -3.13. The summed E-state index contributed by atoms with van der Waals surface area (Å²) in [6, 6.07) is 29.7. The van der Waals surface area contributed by atoms with Crippen molar-refractivity contribution in [3.63, 3.8) is 0 Å². The van der Waals surface area contributed by atoms with Crippen LogP contribution in [0.25, 0.3) is 10.8 Å². The highest BCUT2D eigenvalue weighted by Crippen LogP contribution is 2.22. The quantitative estimate of drug-likeness (QED) is 0.522. The van der Waals surface area contributed by atoms with E-state index in [9.17, 15) is 0 Å². The van der Waals surface area contributed by atoms with Crippen LogP contribution in [0.5, 0.6) is 0 Å². The monoisotopic (exact) mass is 325 g/mol. The average Bonchev–Trinajstić information content (AvgIpc) is 2.68. The molecule has 0 fully saturated rings. The number of rotatable bonds is 5. The summed E-state index contributed by atoms with van der Waals surface area (Å²) in [6.45, 7) is 1.72. The molecule has 4 aromatic rings. The molecule has 4 rings (SSSR count). The third-order valence-electron chi connectivity index (χ3n) is 4.41. The standard InChI is InChI=1S/C23H21N2/c1-3-8-19(9-4-1)16-24-23-13-7-12-21-18-25(15-14-22(21)23)17-20-10-5-2-6-11-20/h1-15,18,24H,16-17H2/q+1. The molecule has 0 radical (unpaired) electrons. The van der Waals surface area contributed by atoms with Gasteiger partial charge in [-0.05, 0) is 17.7 Å². The predicted molar refractivity (Wildman–Crippen MR) is 103 cm³/mol. The van der Waals surface area contributed by atoms with Crippen molar-refractivity contribution in [3.05, 3.63) is 108 Å². The maximum Gasteiger partial charge on any atom is 0.177 e. The van der Waals surface area contributed by atoms with Crippen molar-refractivity contribution in [2.24, 2.45) is 0 Å². The van der Waals surface area contributed by atoms with Crippen molar-refractivity contribution in [3.8, 4) is 0 Å². The summed E-state index contributed by atoms with van der Waals surface area (Å²) in [6.07, 6.45) is 4.37. The first kappa shape index (κ1) is 15.4. The first-order valence-electron chi connectivity index (χ1n) is 8.62. The topological polar surface area (TPSA) is 15.9 Å². The van der Waals surface area contributed by atoms with Gasteiger partial charge in [0.15, 0.2) is 18.9 Å². The molecule has 0 atom stereocenters. The van der Waals surface area contributed by atoms with Crippen LogP contribution in [0.15, 0.2) is 97.3 Å². The maximum atomic E-state index is 3.56. The van der Waals surface area contributed by atoms with E-state index >= 15 is 0 Å². The number of pyridine rings is 1. The van der Waals surface area contributed by atoms with Gasteiger partial charge >= 0.3 is 0 Å². The lowest BCUT2D eigenvalue weighted by Gasteiger charge is -2.09. The van der Waals surface area contributed by atoms with Crippen molar-refractivity contribution in [1.82, 2.24) is 0 Å². The lowest BCUT2D eigenvalue weighted by Crippen LogP contribution is -2.33. The van der Waals surface area contributed by atoms with E-state index in [1.165, 1.54) is 27.6 Å². The second-order valence-electron chi connectivity index (χ2n) is 6.25. The number of hydrogen-bond donors (Lipinski definition) is 1. The van der Waals surface area contributed by atoms with Gasteiger partial charge in [-0.2, -0.15) is 0 Å². The maximum absolute atomic E-state index is 3.56. The molecule has 0 saturated heterocycles. The van der Waals surface area contributed by atoms with Crippen molar-refractivity contribution in [2.75, 3.05) is 5.32 Å². The van der Waals surface area contributed by atoms with E-state index in [0.717, 1.165) is 13.1 Å². The number of nitrogens with one attached hydrogen (secondary N) is 1. The largest absolute Gasteiger partial charge is 0.380 e. The zero-order valence-electron chi connectivity index (χ0n) is 14.1. The number of nitrogens with zero attached hydrogens (tertiary/aromatic N) is 1. The third kappa shape index (κ3) is 3.69. The van der Waals surface area contributed by atoms with Gasteiger partial charge in [-0.25, -0.2) is 4.57 Å². The van der Waals surface area contributed by atoms with Gasteiger partial charge in [0.2, 0.25) is 0 Å². The first-order chi connectivity index (χ1) is 12.4. The Morgan fingerprint density at radius 2 is 1.40 bits per heavy atom. The highest BCUT2D eigenvalue weighted by Gasteiger charge is 2.07. The van der Waals surface area contributed by atoms with Crippen LogP contribution >= 0.6 is 0 Å². The summed E-state index contributed by atoms with van der Waals surface area (Å²) in [5, 5.41) is 6.06. The van der Waals surface area contributed by atoms with Gasteiger partial charge in [-0.1, -0.05) is 66.7 Å². The zero-order valence-corrected chi connectivity index (χ0v) is 14.1. The summed E-state index contributed by atoms with van der Waals surface area (Å²) in [5.41, 5.74) is 3.77. The Morgan fingerprint density at radius 3 is 2.16 bits per heavy atom. The third-order valence-corrected chi connectivity index (χ3v) is 4.41. The molecule has 0 bridgehead atoms. The predicted octanol–water partition coefficient (Wildman–Crippen LogP) is 4.79. The summed E-state index contributed by atoms with van der Waals surface area (Å²) in [4.78, 5) is 0. The zero-order chi connectivity index (χ0) is 16.9. The molecule has 0 aliphatic heterocycles. The summed E-state index contributed by atoms with van der Waals surface area (Å²) in [5.74, 6) is 0. The minimum Gasteiger partial charge on any atom is -0.380 e. The Kier molecular flexibility index (Phi) is 4.42. The molecule has 1 N–H and O–H groups in total. The van der Waals surface area contributed by atoms with Crippen LogP contribution in [-0.4, -0.2) is 0 Å². The highest BCUT2D eigenvalue weighted by molar-refractivity contribution is 5.92. The van der Waals surface area contributed by atoms with E-state index in [2.05, 4.69) is 101 Å². The molecule has 2 nitrogen and oxygen atoms in total. The summed E-state index contributed by atoms with van der Waals surface area (Å²) >= 11 is 0. The lowest BCUT2D eigenvalue weighted by atomic mass is 10.1. The van der Waals surface area contributed by atoms with Crippen molar-refractivity contribution >= 4 is 16.5 Å². The molecule has 1 heterocycles. The molecule has 0 unspecified atom stereocenters. The normalized spacial score (nSPS) is 10.7. The van der Waals surface area contributed by atoms with Crippen molar-refractivity contribution in [1.29, 1.82) is 0 Å². The number of hydrogen-bond acceptors (Lipinski definition) is 1. The van der Waals surface area contributed by atoms with Crippen molar-refractivity contribution in [2.45, 2.75) is 13.1 Å². The van der Waals surface area contributed by atoms with E-state index in [0.29, 0.717) is 0 Å². The second-order valence-corrected chi connectivity index (χ2v) is 6.25. The Labute approximate surface area is 148 Å². The van der Waals surface area contributed by atoms with Crippen LogP contribution in [0.3, 0.4) is 0 Å². The fourth-order valence-corrected chi connectivity index (χ4v) is 3.11. The number of anilines is 1. The summed E-state index contributed by atoms with van der Waals surface area (Å²) in [7, 11) is 0. The van der Waals surface area contributed by atoms with Gasteiger partial charge in [0.25, 0.3) is 0 Å². The van der Waals surface area contributed by atoms with E-state index in [1.54, 1.807) is 0 Å². The van der Waals surface area contributed by atoms with E-state index in [-0.39, 0.29) is 0 Å². The van der Waals surface area contributed by atoms with Crippen LogP contribution in [0.2, 0.25) is 0 Å². The Bertz CT molecular complexity index is 963. The molecule has 0 spiro atoms. The van der Waals surface area contributed by atoms with Gasteiger partial charge in [0.1, 0.15) is 0 Å². The molecular formula is C23H21N2+. The number of fused-ring (bicyclic) bond motifs is 1. The van der Waals surface area contributed by atoms with Gasteiger partial charge in [-0.15, -0.1) is 0 Å². The molecule has 1 aromatic heterocycles. The van der Waals surface area contributed by atoms with Crippen molar-refractivity contribution < 1.29 is 4.57 Å². The first-order valence-corrected chi connectivity index (χ1v) is 8.62. The molecule has 2 heteroatoms. The van der Waals surface area contributed by atoms with Gasteiger partial charge < -0.3 is 5.32 Å². The van der Waals surface area contributed by atoms with Gasteiger partial charge in [-0.3, -0.25) is 0 Å². The summed E-state index contributed by atoms with van der Waals surface area (Å²) < 4.78 is 2.23. The van der Waals surface area contributed by atoms with Crippen LogP contribution in [-0.2, 0) is 13.1 Å². The Balaban J connectivity index is 1.57. The molecule has 0 aliphatic rings. The molecule has 0 amide bonds. The fourth-order valence-electron chi connectivity index (χ4n) is 3.11. The lowest BCUT2D eigenvalue weighted by molar-refractivity contribution is -0.687. The van der Waals surface area contributed by atoms with Crippen LogP contribution < -0.4 is 9.88 Å². The average molecular weight is 325 g/mol. The fraction of sp³-hybridized carbons (Fsp3) is 0.0870. The molecule has 25 heavy (non-hydrogen) atoms.